The summed E-state index contributed by atoms with van der Waals surface area (Å²) in [7, 11) is 1.54. The molecule has 180 valence electrons. The minimum absolute atomic E-state index is 0.146. The number of nitrogens with one attached hydrogen (secondary N) is 2. The van der Waals surface area contributed by atoms with E-state index in [9.17, 15) is 9.59 Å². The lowest BCUT2D eigenvalue weighted by atomic mass is 9.95. The van der Waals surface area contributed by atoms with Crippen molar-refractivity contribution in [2.24, 2.45) is 0 Å². The summed E-state index contributed by atoms with van der Waals surface area (Å²) in [5, 5.41) is 7.28. The van der Waals surface area contributed by atoms with Crippen molar-refractivity contribution in [1.82, 2.24) is 10.2 Å². The third-order valence-electron chi connectivity index (χ3n) is 5.33. The van der Waals surface area contributed by atoms with Gasteiger partial charge < -0.3 is 25.0 Å². The Labute approximate surface area is 214 Å². The second-order valence-corrected chi connectivity index (χ2v) is 8.69. The molecule has 1 aliphatic rings. The highest BCUT2D eigenvalue weighted by Gasteiger charge is 2.34. The van der Waals surface area contributed by atoms with Crippen molar-refractivity contribution < 1.29 is 19.1 Å². The van der Waals surface area contributed by atoms with E-state index in [4.69, 9.17) is 44.9 Å². The van der Waals surface area contributed by atoms with Crippen LogP contribution in [0.1, 0.15) is 35.8 Å². The number of esters is 1. The van der Waals surface area contributed by atoms with Gasteiger partial charge >= 0.3 is 5.97 Å². The number of hydrogen-bond acceptors (Lipinski definition) is 5. The monoisotopic (exact) mass is 521 g/mol. The van der Waals surface area contributed by atoms with E-state index in [2.05, 4.69) is 10.6 Å². The van der Waals surface area contributed by atoms with Crippen LogP contribution in [0.25, 0.3) is 0 Å². The van der Waals surface area contributed by atoms with Gasteiger partial charge in [-0.2, -0.15) is 0 Å². The Morgan fingerprint density at radius 1 is 1.15 bits per heavy atom. The van der Waals surface area contributed by atoms with Crippen molar-refractivity contribution in [2.75, 3.05) is 32.2 Å². The van der Waals surface area contributed by atoms with Crippen molar-refractivity contribution in [2.45, 2.75) is 19.9 Å². The van der Waals surface area contributed by atoms with E-state index in [0.717, 1.165) is 11.3 Å². The van der Waals surface area contributed by atoms with Crippen LogP contribution >= 0.6 is 35.4 Å². The van der Waals surface area contributed by atoms with Gasteiger partial charge in [0, 0.05) is 30.1 Å². The quantitative estimate of drug-likeness (QED) is 0.288. The Hall–Kier alpha value is -2.65. The van der Waals surface area contributed by atoms with Crippen molar-refractivity contribution in [3.63, 3.8) is 0 Å². The first-order valence-electron chi connectivity index (χ1n) is 10.6. The third-order valence-corrected chi connectivity index (χ3v) is 6.22. The van der Waals surface area contributed by atoms with Crippen molar-refractivity contribution in [1.29, 1.82) is 0 Å². The van der Waals surface area contributed by atoms with Crippen LogP contribution in [0, 0.1) is 0 Å². The molecule has 0 aromatic heterocycles. The Kier molecular flexibility index (Phi) is 8.90. The number of thiocarbonyl (C=S) groups is 1. The van der Waals surface area contributed by atoms with E-state index in [0.29, 0.717) is 40.1 Å². The molecule has 7 nitrogen and oxygen atoms in total. The zero-order valence-corrected chi connectivity index (χ0v) is 21.3. The van der Waals surface area contributed by atoms with E-state index in [1.165, 1.54) is 6.07 Å². The molecule has 2 aromatic rings. The lowest BCUT2D eigenvalue weighted by Gasteiger charge is -2.37. The number of amides is 1. The number of hydrogen-bond donors (Lipinski definition) is 2. The molecule has 0 saturated carbocycles. The summed E-state index contributed by atoms with van der Waals surface area (Å²) in [5.41, 5.74) is 2.87. The van der Waals surface area contributed by atoms with Gasteiger partial charge in [0.15, 0.2) is 5.11 Å². The summed E-state index contributed by atoms with van der Waals surface area (Å²) in [6, 6.07) is 11.3. The molecule has 0 spiro atoms. The number of carbonyl (C=O) groups is 2. The maximum Gasteiger partial charge on any atom is 0.338 e. The number of anilines is 1. The molecule has 3 rings (SSSR count). The average Bonchev–Trinajstić information content (AvgIpc) is 2.79. The van der Waals surface area contributed by atoms with Crippen LogP contribution in [0.15, 0.2) is 53.7 Å². The zero-order valence-electron chi connectivity index (χ0n) is 19.0. The van der Waals surface area contributed by atoms with Crippen molar-refractivity contribution in [3.8, 4) is 0 Å². The van der Waals surface area contributed by atoms with Gasteiger partial charge in [0.05, 0.1) is 28.8 Å². The number of carbonyl (C=O) groups excluding carboxylic acids is 2. The molecule has 2 N–H and O–H groups in total. The molecule has 0 bridgehead atoms. The normalized spacial score (nSPS) is 15.7. The average molecular weight is 522 g/mol. The molecule has 10 heteroatoms. The summed E-state index contributed by atoms with van der Waals surface area (Å²) < 4.78 is 10.4. The lowest BCUT2D eigenvalue weighted by Crippen LogP contribution is -2.47. The van der Waals surface area contributed by atoms with Gasteiger partial charge in [-0.05, 0) is 62.0 Å². The molecule has 1 amide bonds. The van der Waals surface area contributed by atoms with Crippen LogP contribution < -0.4 is 10.6 Å². The van der Waals surface area contributed by atoms with E-state index in [-0.39, 0.29) is 17.5 Å². The van der Waals surface area contributed by atoms with E-state index >= 15 is 0 Å². The molecule has 1 heterocycles. The van der Waals surface area contributed by atoms with Crippen LogP contribution in [0.5, 0.6) is 0 Å². The minimum Gasteiger partial charge on any atom is -0.460 e. The van der Waals surface area contributed by atoms with E-state index in [1.54, 1.807) is 31.4 Å². The van der Waals surface area contributed by atoms with Gasteiger partial charge in [-0.25, -0.2) is 4.79 Å². The standard InChI is InChI=1S/C24H25Cl2N3O4S/c1-4-29-14(2)20(23(31)33-12-11-32-3)21(28-24(29)34)15-5-8-17(9-6-15)27-22(30)18-10-7-16(25)13-19(18)26/h5-10,13,21H,4,11-12H2,1-3H3,(H,27,30)(H,28,34)/t21-/m0/s1. The van der Waals surface area contributed by atoms with Gasteiger partial charge in [0.2, 0.25) is 0 Å². The number of ether oxygens (including phenoxy) is 2. The van der Waals surface area contributed by atoms with Crippen LogP contribution in [-0.2, 0) is 14.3 Å². The number of benzene rings is 2. The molecule has 1 atom stereocenters. The lowest BCUT2D eigenvalue weighted by molar-refractivity contribution is -0.140. The topological polar surface area (TPSA) is 79.9 Å². The smallest absolute Gasteiger partial charge is 0.338 e. The van der Waals surface area contributed by atoms with E-state index in [1.807, 2.05) is 30.9 Å². The Morgan fingerprint density at radius 3 is 2.47 bits per heavy atom. The fourth-order valence-electron chi connectivity index (χ4n) is 3.60. The SMILES string of the molecule is CCN1C(=S)N[C@@H](c2ccc(NC(=O)c3ccc(Cl)cc3Cl)cc2)C(C(=O)OCCOC)=C1C. The fourth-order valence-corrected chi connectivity index (χ4v) is 4.48. The van der Waals surface area contributed by atoms with Crippen molar-refractivity contribution >= 4 is 58.1 Å². The molecule has 2 aromatic carbocycles. The Bertz CT molecular complexity index is 1120. The van der Waals surface area contributed by atoms with Gasteiger partial charge in [-0.3, -0.25) is 4.79 Å². The van der Waals surface area contributed by atoms with E-state index < -0.39 is 12.0 Å². The highest BCUT2D eigenvalue weighted by atomic mass is 35.5. The minimum atomic E-state index is -0.499. The van der Waals surface area contributed by atoms with Gasteiger partial charge in [0.1, 0.15) is 6.61 Å². The zero-order chi connectivity index (χ0) is 24.8. The highest BCUT2D eigenvalue weighted by Crippen LogP contribution is 2.32. The predicted octanol–water partition coefficient (Wildman–Crippen LogP) is 4.96. The maximum atomic E-state index is 12.9. The first kappa shape index (κ1) is 26.0. The second-order valence-electron chi connectivity index (χ2n) is 7.45. The summed E-state index contributed by atoms with van der Waals surface area (Å²) in [6.07, 6.45) is 0. The Balaban J connectivity index is 1.84. The number of allylic oxidation sites excluding steroid dienone is 1. The molecule has 0 saturated heterocycles. The second kappa shape index (κ2) is 11.7. The molecule has 1 aliphatic heterocycles. The number of nitrogens with zero attached hydrogens (tertiary/aromatic N) is 1. The molecule has 34 heavy (non-hydrogen) atoms. The molecule has 0 fully saturated rings. The van der Waals surface area contributed by atoms with Crippen LogP contribution in [0.2, 0.25) is 10.0 Å². The molecule has 0 aliphatic carbocycles. The van der Waals surface area contributed by atoms with Crippen LogP contribution in [-0.4, -0.2) is 48.8 Å². The molecular weight excluding hydrogens is 497 g/mol. The largest absolute Gasteiger partial charge is 0.460 e. The number of methoxy groups -OCH3 is 1. The predicted molar refractivity (Wildman–Crippen MR) is 137 cm³/mol. The third kappa shape index (κ3) is 5.88. The van der Waals surface area contributed by atoms with Crippen LogP contribution in [0.3, 0.4) is 0 Å². The highest BCUT2D eigenvalue weighted by molar-refractivity contribution is 7.80. The number of rotatable bonds is 8. The molecule has 0 radical (unpaired) electrons. The van der Waals surface area contributed by atoms with Gasteiger partial charge in [0.25, 0.3) is 5.91 Å². The first-order valence-corrected chi connectivity index (χ1v) is 11.7. The summed E-state index contributed by atoms with van der Waals surface area (Å²) in [5.74, 6) is -0.800. The molecular formula is C24H25Cl2N3O4S. The van der Waals surface area contributed by atoms with Crippen LogP contribution in [0.4, 0.5) is 5.69 Å². The van der Waals surface area contributed by atoms with Gasteiger partial charge in [-0.15, -0.1) is 0 Å². The number of halogens is 2. The molecule has 0 unspecified atom stereocenters. The van der Waals surface area contributed by atoms with Gasteiger partial charge in [-0.1, -0.05) is 35.3 Å². The fraction of sp³-hybridized carbons (Fsp3) is 0.292. The Morgan fingerprint density at radius 2 is 1.85 bits per heavy atom. The summed E-state index contributed by atoms with van der Waals surface area (Å²) in [4.78, 5) is 27.4. The van der Waals surface area contributed by atoms with Crippen molar-refractivity contribution in [3.05, 3.63) is 74.9 Å². The summed E-state index contributed by atoms with van der Waals surface area (Å²) >= 11 is 17.6. The first-order chi connectivity index (χ1) is 16.3. The summed E-state index contributed by atoms with van der Waals surface area (Å²) in [6.45, 7) is 4.86. The maximum absolute atomic E-state index is 12.9.